The van der Waals surface area contributed by atoms with Gasteiger partial charge in [0.25, 0.3) is 0 Å². The summed E-state index contributed by atoms with van der Waals surface area (Å²) in [5.74, 6) is 2.36. The number of nitrogens with two attached hydrogens (primary N) is 1. The molecule has 0 amide bonds. The predicted octanol–water partition coefficient (Wildman–Crippen LogP) is 5.21. The van der Waals surface area contributed by atoms with Crippen LogP contribution in [0.15, 0.2) is 83.7 Å². The number of halogens is 1. The Kier molecular flexibility index (Phi) is 5.65. The van der Waals surface area contributed by atoms with Crippen molar-refractivity contribution in [3.8, 4) is 17.2 Å². The molecule has 0 radical (unpaired) electrons. The van der Waals surface area contributed by atoms with Gasteiger partial charge in [-0.1, -0.05) is 12.1 Å². The number of anilines is 2. The van der Waals surface area contributed by atoms with Crippen LogP contribution in [0.2, 0.25) is 0 Å². The molecule has 2 aromatic carbocycles. The summed E-state index contributed by atoms with van der Waals surface area (Å²) >= 11 is 0. The van der Waals surface area contributed by atoms with Crippen LogP contribution in [-0.4, -0.2) is 15.0 Å². The molecule has 0 aliphatic rings. The predicted molar refractivity (Wildman–Crippen MR) is 123 cm³/mol. The lowest BCUT2D eigenvalue weighted by Crippen LogP contribution is -1.98. The van der Waals surface area contributed by atoms with Crippen molar-refractivity contribution in [2.24, 2.45) is 5.73 Å². The zero-order chi connectivity index (χ0) is 22.6. The molecule has 33 heavy (non-hydrogen) atoms. The van der Waals surface area contributed by atoms with Gasteiger partial charge in [-0.05, 0) is 60.2 Å². The van der Waals surface area contributed by atoms with Gasteiger partial charge in [-0.3, -0.25) is 4.98 Å². The maximum atomic E-state index is 13.3. The Morgan fingerprint density at radius 1 is 0.970 bits per heavy atom. The fourth-order valence-electron chi connectivity index (χ4n) is 3.38. The van der Waals surface area contributed by atoms with Gasteiger partial charge in [-0.25, -0.2) is 14.4 Å². The van der Waals surface area contributed by atoms with E-state index in [0.717, 1.165) is 16.6 Å². The molecule has 0 spiro atoms. The van der Waals surface area contributed by atoms with Crippen LogP contribution in [-0.2, 0) is 13.2 Å². The highest BCUT2D eigenvalue weighted by Gasteiger charge is 2.11. The lowest BCUT2D eigenvalue weighted by molar-refractivity contribution is 0.305. The molecule has 0 fully saturated rings. The Morgan fingerprint density at radius 3 is 2.64 bits per heavy atom. The summed E-state index contributed by atoms with van der Waals surface area (Å²) in [4.78, 5) is 13.1. The summed E-state index contributed by atoms with van der Waals surface area (Å²) in [6.07, 6.45) is 3.17. The second-order valence-electron chi connectivity index (χ2n) is 7.35. The van der Waals surface area contributed by atoms with Crippen LogP contribution < -0.4 is 15.8 Å². The van der Waals surface area contributed by atoms with Gasteiger partial charge in [-0.2, -0.15) is 0 Å². The van der Waals surface area contributed by atoms with Crippen molar-refractivity contribution in [2.45, 2.75) is 13.2 Å². The van der Waals surface area contributed by atoms with Crippen LogP contribution in [0.3, 0.4) is 0 Å². The first-order chi connectivity index (χ1) is 16.2. The number of benzene rings is 2. The molecule has 0 unspecified atom stereocenters. The summed E-state index contributed by atoms with van der Waals surface area (Å²) in [5, 5.41) is 4.12. The highest BCUT2D eigenvalue weighted by Crippen LogP contribution is 2.28. The van der Waals surface area contributed by atoms with E-state index < -0.39 is 0 Å². The smallest absolute Gasteiger partial charge is 0.152 e. The van der Waals surface area contributed by atoms with Crippen LogP contribution in [0, 0.1) is 5.82 Å². The number of nitrogens with zero attached hydrogens (tertiary/aromatic N) is 3. The van der Waals surface area contributed by atoms with E-state index in [4.69, 9.17) is 14.9 Å². The lowest BCUT2D eigenvalue weighted by Gasteiger charge is -2.10. The van der Waals surface area contributed by atoms with Gasteiger partial charge in [0.15, 0.2) is 5.76 Å². The average molecular weight is 441 g/mol. The number of ether oxygens (including phenoxy) is 1. The molecule has 5 rings (SSSR count). The molecule has 0 bridgehead atoms. The van der Waals surface area contributed by atoms with Gasteiger partial charge >= 0.3 is 0 Å². The third kappa shape index (κ3) is 4.65. The van der Waals surface area contributed by atoms with Crippen LogP contribution >= 0.6 is 0 Å². The fourth-order valence-corrected chi connectivity index (χ4v) is 3.38. The van der Waals surface area contributed by atoms with Crippen LogP contribution in [0.5, 0.6) is 5.75 Å². The normalized spacial score (nSPS) is 11.0. The number of hydrogen-bond acceptors (Lipinski definition) is 7. The number of aromatic nitrogens is 3. The Bertz CT molecular complexity index is 1400. The largest absolute Gasteiger partial charge is 0.489 e. The molecule has 7 nitrogen and oxygen atoms in total. The quantitative estimate of drug-likeness (QED) is 0.358. The topological polar surface area (TPSA) is 99.1 Å². The van der Waals surface area contributed by atoms with E-state index in [2.05, 4.69) is 20.3 Å². The average Bonchev–Trinajstić information content (AvgIpc) is 3.33. The molecule has 8 heteroatoms. The Morgan fingerprint density at radius 2 is 1.85 bits per heavy atom. The first-order valence-electron chi connectivity index (χ1n) is 10.3. The zero-order valence-electron chi connectivity index (χ0n) is 17.5. The van der Waals surface area contributed by atoms with Crippen molar-refractivity contribution in [2.75, 3.05) is 5.32 Å². The third-order valence-electron chi connectivity index (χ3n) is 5.05. The highest BCUT2D eigenvalue weighted by molar-refractivity contribution is 5.92. The summed E-state index contributed by atoms with van der Waals surface area (Å²) in [6, 6.07) is 19.4. The highest BCUT2D eigenvalue weighted by atomic mass is 19.1. The van der Waals surface area contributed by atoms with E-state index in [-0.39, 0.29) is 12.4 Å². The first-order valence-corrected chi connectivity index (χ1v) is 10.3. The van der Waals surface area contributed by atoms with E-state index in [1.165, 1.54) is 18.5 Å². The Balaban J connectivity index is 1.34. The van der Waals surface area contributed by atoms with Crippen LogP contribution in [0.4, 0.5) is 15.9 Å². The lowest BCUT2D eigenvalue weighted by atomic mass is 10.2. The second-order valence-corrected chi connectivity index (χ2v) is 7.35. The van der Waals surface area contributed by atoms with Crippen molar-refractivity contribution in [1.82, 2.24) is 15.0 Å². The Hall–Kier alpha value is -4.30. The molecule has 0 aliphatic heterocycles. The molecule has 164 valence electrons. The van der Waals surface area contributed by atoms with E-state index >= 15 is 0 Å². The van der Waals surface area contributed by atoms with Gasteiger partial charge in [0.1, 0.15) is 41.8 Å². The molecule has 3 aromatic heterocycles. The minimum absolute atomic E-state index is 0.280. The SMILES string of the molecule is NCc1ccc(-c2cc3c(Nc4ccc(OCc5cccc(F)c5)cc4)ncnc3cn2)o1. The minimum Gasteiger partial charge on any atom is -0.489 e. The van der Waals surface area contributed by atoms with Crippen molar-refractivity contribution < 1.29 is 13.5 Å². The number of pyridine rings is 1. The molecule has 0 saturated heterocycles. The fraction of sp³-hybridized carbons (Fsp3) is 0.0800. The molecule has 3 N–H and O–H groups in total. The standard InChI is InChI=1S/C25H20FN5O2/c26-17-3-1-2-16(10-17)14-32-19-6-4-18(5-7-19)31-25-21-11-22(24-9-8-20(12-27)33-24)28-13-23(21)29-15-30-25/h1-11,13,15H,12,14,27H2,(H,29,30,31). The van der Waals surface area contributed by atoms with Gasteiger partial charge in [0.2, 0.25) is 0 Å². The van der Waals surface area contributed by atoms with Gasteiger partial charge < -0.3 is 20.2 Å². The van der Waals surface area contributed by atoms with Crippen LogP contribution in [0.25, 0.3) is 22.4 Å². The second kappa shape index (κ2) is 9.05. The summed E-state index contributed by atoms with van der Waals surface area (Å²) in [7, 11) is 0. The number of furan rings is 1. The molecule has 5 aromatic rings. The number of rotatable bonds is 7. The summed E-state index contributed by atoms with van der Waals surface area (Å²) in [5.41, 5.74) is 8.61. The maximum absolute atomic E-state index is 13.3. The monoisotopic (exact) mass is 441 g/mol. The summed E-state index contributed by atoms with van der Waals surface area (Å²) < 4.78 is 24.8. The van der Waals surface area contributed by atoms with Crippen molar-refractivity contribution in [3.63, 3.8) is 0 Å². The van der Waals surface area contributed by atoms with Gasteiger partial charge in [0.05, 0.1) is 18.3 Å². The van der Waals surface area contributed by atoms with Gasteiger partial charge in [-0.15, -0.1) is 0 Å². The summed E-state index contributed by atoms with van der Waals surface area (Å²) in [6.45, 7) is 0.612. The van der Waals surface area contributed by atoms with Gasteiger partial charge in [0, 0.05) is 11.1 Å². The molecular weight excluding hydrogens is 421 g/mol. The van der Waals surface area contributed by atoms with E-state index in [9.17, 15) is 4.39 Å². The van der Waals surface area contributed by atoms with E-state index in [1.807, 2.05) is 48.5 Å². The minimum atomic E-state index is -0.280. The molecule has 3 heterocycles. The number of fused-ring (bicyclic) bond motifs is 1. The first kappa shape index (κ1) is 20.6. The maximum Gasteiger partial charge on any atom is 0.152 e. The van der Waals surface area contributed by atoms with Crippen molar-refractivity contribution >= 4 is 22.4 Å². The van der Waals surface area contributed by atoms with E-state index in [1.54, 1.807) is 12.3 Å². The molecule has 0 atom stereocenters. The van der Waals surface area contributed by atoms with Crippen molar-refractivity contribution in [1.29, 1.82) is 0 Å². The molecule has 0 aliphatic carbocycles. The van der Waals surface area contributed by atoms with Crippen LogP contribution in [0.1, 0.15) is 11.3 Å². The molecule has 0 saturated carbocycles. The number of hydrogen-bond donors (Lipinski definition) is 2. The van der Waals surface area contributed by atoms with E-state index in [0.29, 0.717) is 40.8 Å². The Labute approximate surface area is 189 Å². The molecular formula is C25H20FN5O2. The number of nitrogens with one attached hydrogen (secondary N) is 1. The zero-order valence-corrected chi connectivity index (χ0v) is 17.5. The third-order valence-corrected chi connectivity index (χ3v) is 5.05. The van der Waals surface area contributed by atoms with Crippen molar-refractivity contribution in [3.05, 3.63) is 96.4 Å².